The number of carbonyl (C=O) groups excluding carboxylic acids is 1. The molecular weight excluding hydrogens is 352 g/mol. The van der Waals surface area contributed by atoms with E-state index in [4.69, 9.17) is 14.0 Å². The van der Waals surface area contributed by atoms with Crippen LogP contribution in [0.1, 0.15) is 16.1 Å². The van der Waals surface area contributed by atoms with Crippen molar-refractivity contribution < 1.29 is 28.6 Å². The Morgan fingerprint density at radius 1 is 1.15 bits per heavy atom. The lowest BCUT2D eigenvalue weighted by atomic mass is 10.1. The number of hydrogen-bond acceptors (Lipinski definition) is 6. The molecule has 0 radical (unpaired) electrons. The number of H-pyrrole nitrogens is 1. The predicted octanol–water partition coefficient (Wildman–Crippen LogP) is 1.86. The first-order valence-corrected chi connectivity index (χ1v) is 7.91. The van der Waals surface area contributed by atoms with Crippen LogP contribution < -0.4 is 19.8 Å². The lowest BCUT2D eigenvalue weighted by Crippen LogP contribution is -2.40. The fourth-order valence-electron chi connectivity index (χ4n) is 2.44. The van der Waals surface area contributed by atoms with Gasteiger partial charge in [-0.3, -0.25) is 9.32 Å². The smallest absolute Gasteiger partial charge is 0.439 e. The Bertz CT molecular complexity index is 1050. The first-order valence-electron chi connectivity index (χ1n) is 7.91. The molecule has 3 rings (SSSR count). The van der Waals surface area contributed by atoms with Crippen LogP contribution in [0.2, 0.25) is 0 Å². The molecule has 138 valence electrons. The van der Waals surface area contributed by atoms with Gasteiger partial charge in [0.2, 0.25) is 5.69 Å². The molecule has 2 N–H and O–H groups in total. The number of ether oxygens (including phenoxy) is 2. The van der Waals surface area contributed by atoms with Crippen molar-refractivity contribution in [3.8, 4) is 22.9 Å². The first kappa shape index (κ1) is 18.0. The van der Waals surface area contributed by atoms with Crippen LogP contribution in [0.3, 0.4) is 0 Å². The van der Waals surface area contributed by atoms with Crippen molar-refractivity contribution in [1.29, 1.82) is 0 Å². The maximum atomic E-state index is 12.5. The number of benzene rings is 2. The maximum absolute atomic E-state index is 12.5. The SMILES string of the molecule is COc1ccc(-[n+]2[nH]oc(=O)c2C(=O)/C=C/c2ccc(O)c(OC)c2)cc1. The van der Waals surface area contributed by atoms with Crippen LogP contribution in [0, 0.1) is 0 Å². The Hall–Kier alpha value is -3.81. The Kier molecular flexibility index (Phi) is 5.07. The molecule has 0 unspecified atom stereocenters. The van der Waals surface area contributed by atoms with Gasteiger partial charge in [-0.25, -0.2) is 4.79 Å². The number of aromatic nitrogens is 2. The van der Waals surface area contributed by atoms with Crippen LogP contribution in [0.5, 0.6) is 17.2 Å². The number of nitrogens with one attached hydrogen (secondary N) is 1. The number of aromatic amines is 1. The van der Waals surface area contributed by atoms with Gasteiger partial charge in [0.05, 0.1) is 14.2 Å². The summed E-state index contributed by atoms with van der Waals surface area (Å²) in [6.45, 7) is 0. The molecule has 27 heavy (non-hydrogen) atoms. The molecule has 0 aliphatic heterocycles. The summed E-state index contributed by atoms with van der Waals surface area (Å²) in [6, 6.07) is 11.4. The Morgan fingerprint density at radius 3 is 2.56 bits per heavy atom. The lowest BCUT2D eigenvalue weighted by molar-refractivity contribution is -0.672. The molecule has 8 heteroatoms. The fraction of sp³-hybridized carbons (Fsp3) is 0.105. The summed E-state index contributed by atoms with van der Waals surface area (Å²) < 4.78 is 16.1. The van der Waals surface area contributed by atoms with E-state index in [1.807, 2.05) is 0 Å². The highest BCUT2D eigenvalue weighted by atomic mass is 16.5. The molecule has 0 spiro atoms. The molecule has 0 aliphatic rings. The van der Waals surface area contributed by atoms with Crippen molar-refractivity contribution in [3.05, 3.63) is 70.2 Å². The number of hydrogen-bond donors (Lipinski definition) is 2. The fourth-order valence-corrected chi connectivity index (χ4v) is 2.44. The molecule has 1 aromatic heterocycles. The zero-order valence-corrected chi connectivity index (χ0v) is 14.6. The van der Waals surface area contributed by atoms with Gasteiger partial charge in [-0.1, -0.05) is 12.1 Å². The minimum absolute atomic E-state index is 0.00963. The third kappa shape index (κ3) is 3.74. The van der Waals surface area contributed by atoms with E-state index < -0.39 is 11.4 Å². The van der Waals surface area contributed by atoms with Gasteiger partial charge in [0.15, 0.2) is 11.5 Å². The number of allylic oxidation sites excluding steroid dienone is 1. The Morgan fingerprint density at radius 2 is 1.89 bits per heavy atom. The number of aromatic hydroxyl groups is 1. The quantitative estimate of drug-likeness (QED) is 0.390. The third-order valence-electron chi connectivity index (χ3n) is 3.84. The molecule has 1 heterocycles. The highest BCUT2D eigenvalue weighted by Crippen LogP contribution is 2.26. The van der Waals surface area contributed by atoms with Crippen molar-refractivity contribution in [1.82, 2.24) is 5.27 Å². The van der Waals surface area contributed by atoms with E-state index in [0.717, 1.165) is 0 Å². The summed E-state index contributed by atoms with van der Waals surface area (Å²) in [5.74, 6) is 0.357. The largest absolute Gasteiger partial charge is 0.504 e. The molecule has 0 bridgehead atoms. The summed E-state index contributed by atoms with van der Waals surface area (Å²) in [4.78, 5) is 24.5. The van der Waals surface area contributed by atoms with Gasteiger partial charge in [-0.05, 0) is 45.9 Å². The maximum Gasteiger partial charge on any atom is 0.439 e. The highest BCUT2D eigenvalue weighted by Gasteiger charge is 2.28. The molecular formula is C19H17N2O6+. The summed E-state index contributed by atoms with van der Waals surface area (Å²) in [6.07, 6.45) is 2.75. The summed E-state index contributed by atoms with van der Waals surface area (Å²) in [5, 5.41) is 12.0. The average Bonchev–Trinajstić information content (AvgIpc) is 3.08. The van der Waals surface area contributed by atoms with Crippen LogP contribution in [0.25, 0.3) is 11.8 Å². The van der Waals surface area contributed by atoms with E-state index in [0.29, 0.717) is 17.0 Å². The van der Waals surface area contributed by atoms with E-state index in [2.05, 4.69) is 5.27 Å². The average molecular weight is 369 g/mol. The summed E-state index contributed by atoms with van der Waals surface area (Å²) >= 11 is 0. The molecule has 0 fully saturated rings. The second kappa shape index (κ2) is 7.61. The molecule has 0 saturated carbocycles. The minimum atomic E-state index is -0.788. The molecule has 3 aromatic rings. The third-order valence-corrected chi connectivity index (χ3v) is 3.84. The van der Waals surface area contributed by atoms with Gasteiger partial charge in [0.1, 0.15) is 5.75 Å². The van der Waals surface area contributed by atoms with Gasteiger partial charge < -0.3 is 14.6 Å². The van der Waals surface area contributed by atoms with Gasteiger partial charge in [-0.15, -0.1) is 0 Å². The molecule has 8 nitrogen and oxygen atoms in total. The minimum Gasteiger partial charge on any atom is -0.504 e. The topological polar surface area (TPSA) is 106 Å². The molecule has 0 saturated heterocycles. The van der Waals surface area contributed by atoms with Crippen LogP contribution >= 0.6 is 0 Å². The van der Waals surface area contributed by atoms with Gasteiger partial charge in [-0.2, -0.15) is 0 Å². The number of ketones is 1. The van der Waals surface area contributed by atoms with Crippen LogP contribution in [-0.4, -0.2) is 30.4 Å². The monoisotopic (exact) mass is 369 g/mol. The number of methoxy groups -OCH3 is 2. The normalized spacial score (nSPS) is 10.9. The zero-order chi connectivity index (χ0) is 19.4. The Balaban J connectivity index is 1.91. The second-order valence-electron chi connectivity index (χ2n) is 5.49. The second-order valence-corrected chi connectivity index (χ2v) is 5.49. The zero-order valence-electron chi connectivity index (χ0n) is 14.6. The number of phenolic OH excluding ortho intramolecular Hbond substituents is 1. The van der Waals surface area contributed by atoms with Crippen molar-refractivity contribution in [2.45, 2.75) is 0 Å². The van der Waals surface area contributed by atoms with Crippen molar-refractivity contribution in [3.63, 3.8) is 0 Å². The van der Waals surface area contributed by atoms with E-state index in [1.54, 1.807) is 43.5 Å². The predicted molar refractivity (Wildman–Crippen MR) is 95.4 cm³/mol. The van der Waals surface area contributed by atoms with E-state index in [9.17, 15) is 14.7 Å². The standard InChI is InChI=1S/C19H16N2O6/c1-25-14-7-5-13(6-8-14)21-18(19(24)27-20-21)16(23)10-4-12-3-9-15(22)17(11-12)26-2/h3-11H,1-2H3,(H-,20,22,23,24)/p+1. The first-order chi connectivity index (χ1) is 13.0. The molecule has 0 aliphatic carbocycles. The molecule has 2 aromatic carbocycles. The number of nitrogens with zero attached hydrogens (tertiary/aromatic N) is 1. The lowest BCUT2D eigenvalue weighted by Gasteiger charge is -2.03. The van der Waals surface area contributed by atoms with Crippen molar-refractivity contribution in [2.75, 3.05) is 14.2 Å². The number of carbonyl (C=O) groups is 1. The van der Waals surface area contributed by atoms with E-state index in [1.165, 1.54) is 30.0 Å². The van der Waals surface area contributed by atoms with Gasteiger partial charge in [0.25, 0.3) is 5.78 Å². The Labute approximate surface area is 153 Å². The van der Waals surface area contributed by atoms with Crippen LogP contribution in [-0.2, 0) is 0 Å². The summed E-state index contributed by atoms with van der Waals surface area (Å²) in [7, 11) is 2.97. The van der Waals surface area contributed by atoms with Gasteiger partial charge in [0, 0.05) is 12.1 Å². The van der Waals surface area contributed by atoms with Crippen LogP contribution in [0.4, 0.5) is 0 Å². The number of phenols is 1. The van der Waals surface area contributed by atoms with Crippen LogP contribution in [0.15, 0.2) is 57.9 Å². The van der Waals surface area contributed by atoms with Crippen molar-refractivity contribution >= 4 is 11.9 Å². The molecule has 0 amide bonds. The number of rotatable bonds is 6. The highest BCUT2D eigenvalue weighted by molar-refractivity contribution is 6.04. The summed E-state index contributed by atoms with van der Waals surface area (Å²) in [5.41, 5.74) is 0.185. The molecule has 0 atom stereocenters. The van der Waals surface area contributed by atoms with E-state index in [-0.39, 0.29) is 17.2 Å². The van der Waals surface area contributed by atoms with Gasteiger partial charge >= 0.3 is 11.3 Å². The van der Waals surface area contributed by atoms with E-state index >= 15 is 0 Å². The van der Waals surface area contributed by atoms with Crippen molar-refractivity contribution in [2.24, 2.45) is 0 Å².